The lowest BCUT2D eigenvalue weighted by Crippen LogP contribution is -2.63. The second-order valence-electron chi connectivity index (χ2n) is 11.0. The van der Waals surface area contributed by atoms with Gasteiger partial charge in [-0.15, -0.1) is 6.42 Å². The van der Waals surface area contributed by atoms with Crippen LogP contribution in [0.2, 0.25) is 0 Å². The smallest absolute Gasteiger partial charge is 0.0561 e. The molecule has 5 bridgehead atoms. The minimum Gasteiger partial charge on any atom is -0.315 e. The highest BCUT2D eigenvalue weighted by molar-refractivity contribution is 5.34. The molecular formula is C27H43N7. The number of hydrogen-bond acceptors (Lipinski definition) is 7. The van der Waals surface area contributed by atoms with Crippen molar-refractivity contribution < 1.29 is 0 Å². The van der Waals surface area contributed by atoms with Gasteiger partial charge in [0.05, 0.1) is 5.54 Å². The van der Waals surface area contributed by atoms with Gasteiger partial charge in [-0.05, 0) is 63.5 Å². The lowest BCUT2D eigenvalue weighted by Gasteiger charge is -2.36. The minimum atomic E-state index is -0.0555. The van der Waals surface area contributed by atoms with Gasteiger partial charge in [0, 0.05) is 75.0 Å². The van der Waals surface area contributed by atoms with Crippen molar-refractivity contribution in [1.82, 2.24) is 36.8 Å². The Labute approximate surface area is 205 Å². The molecule has 0 aromatic heterocycles. The molecule has 5 aliphatic heterocycles. The number of rotatable bonds is 4. The van der Waals surface area contributed by atoms with E-state index in [1.54, 1.807) is 0 Å². The molecule has 34 heavy (non-hydrogen) atoms. The van der Waals surface area contributed by atoms with Crippen LogP contribution in [0.15, 0.2) is 24.3 Å². The third kappa shape index (κ3) is 4.91. The van der Waals surface area contributed by atoms with Gasteiger partial charge in [0.2, 0.25) is 0 Å². The molecule has 5 aliphatic rings. The summed E-state index contributed by atoms with van der Waals surface area (Å²) >= 11 is 0. The largest absolute Gasteiger partial charge is 0.315 e. The third-order valence-corrected chi connectivity index (χ3v) is 8.91. The average molecular weight is 466 g/mol. The first kappa shape index (κ1) is 24.2. The van der Waals surface area contributed by atoms with Crippen molar-refractivity contribution in [2.24, 2.45) is 0 Å². The number of piperidine rings is 1. The van der Waals surface area contributed by atoms with Crippen LogP contribution in [0.5, 0.6) is 0 Å². The van der Waals surface area contributed by atoms with Crippen molar-refractivity contribution in [3.05, 3.63) is 35.4 Å². The van der Waals surface area contributed by atoms with Crippen LogP contribution < -0.4 is 31.9 Å². The fraction of sp³-hybridized carbons (Fsp3) is 0.704. The topological polar surface area (TPSA) is 75.2 Å². The molecule has 1 aromatic carbocycles. The molecule has 7 nitrogen and oxygen atoms in total. The summed E-state index contributed by atoms with van der Waals surface area (Å²) in [6.07, 6.45) is 10.6. The Balaban J connectivity index is 1.31. The number of benzene rings is 1. The van der Waals surface area contributed by atoms with Gasteiger partial charge in [0.15, 0.2) is 0 Å². The molecule has 5 unspecified atom stereocenters. The average Bonchev–Trinajstić information content (AvgIpc) is 3.22. The van der Waals surface area contributed by atoms with Gasteiger partial charge in [-0.25, -0.2) is 0 Å². The van der Waals surface area contributed by atoms with E-state index in [0.717, 1.165) is 70.5 Å². The summed E-state index contributed by atoms with van der Waals surface area (Å²) in [5, 5.41) is 22.8. The molecule has 0 amide bonds. The van der Waals surface area contributed by atoms with Crippen LogP contribution in [-0.2, 0) is 6.54 Å². The van der Waals surface area contributed by atoms with E-state index in [9.17, 15) is 0 Å². The van der Waals surface area contributed by atoms with Gasteiger partial charge < -0.3 is 31.9 Å². The Bertz CT molecular complexity index is 851. The SMILES string of the molecule is C#Cc1ccc(CNC23CNCCCC4(CCNC2)C2CC(NC)(CNCCNC3)CN24)cc1. The summed E-state index contributed by atoms with van der Waals surface area (Å²) in [7, 11) is 2.14. The van der Waals surface area contributed by atoms with E-state index in [1.807, 2.05) is 12.1 Å². The van der Waals surface area contributed by atoms with E-state index in [4.69, 9.17) is 6.42 Å². The Morgan fingerprint density at radius 2 is 1.62 bits per heavy atom. The molecule has 6 N–H and O–H groups in total. The van der Waals surface area contributed by atoms with Gasteiger partial charge in [-0.2, -0.15) is 0 Å². The minimum absolute atomic E-state index is 0.0555. The molecule has 0 radical (unpaired) electrons. The number of terminal acetylenes is 1. The highest BCUT2D eigenvalue weighted by Crippen LogP contribution is 2.55. The van der Waals surface area contributed by atoms with Gasteiger partial charge in [-0.3, -0.25) is 4.90 Å². The van der Waals surface area contributed by atoms with E-state index in [2.05, 4.69) is 61.9 Å². The maximum atomic E-state index is 5.53. The summed E-state index contributed by atoms with van der Waals surface area (Å²) in [5.41, 5.74) is 2.78. The Morgan fingerprint density at radius 1 is 0.941 bits per heavy atom. The normalized spacial score (nSPS) is 38.6. The van der Waals surface area contributed by atoms with E-state index in [1.165, 1.54) is 37.8 Å². The van der Waals surface area contributed by atoms with Crippen LogP contribution in [-0.4, -0.2) is 93.5 Å². The molecule has 6 rings (SSSR count). The molecule has 5 fully saturated rings. The molecule has 7 heteroatoms. The first-order valence-electron chi connectivity index (χ1n) is 13.2. The second-order valence-corrected chi connectivity index (χ2v) is 11.0. The standard InChI is InChI=1S/C27H43N7/c1-3-22-5-7-23(8-6-22)16-33-26-18-29-11-4-9-27(10-12-30-19-26)24-15-25(28-2,21-34(24)27)17-31-13-14-32-20-26/h1,5-8,24,28-33H,4,9-21H2,2H3. The summed E-state index contributed by atoms with van der Waals surface area (Å²) in [6.45, 7) is 10.0. The Morgan fingerprint density at radius 3 is 2.26 bits per heavy atom. The number of nitrogens with one attached hydrogen (secondary N) is 6. The second kappa shape index (κ2) is 10.2. The van der Waals surface area contributed by atoms with Crippen molar-refractivity contribution in [2.75, 3.05) is 66.0 Å². The maximum absolute atomic E-state index is 5.53. The van der Waals surface area contributed by atoms with E-state index in [-0.39, 0.29) is 11.1 Å². The highest BCUT2D eigenvalue weighted by atomic mass is 15.4. The predicted octanol–water partition coefficient (Wildman–Crippen LogP) is -0.163. The van der Waals surface area contributed by atoms with Crippen LogP contribution in [0.4, 0.5) is 0 Å². The highest BCUT2D eigenvalue weighted by Gasteiger charge is 2.68. The summed E-state index contributed by atoms with van der Waals surface area (Å²) in [4.78, 5) is 2.81. The lowest BCUT2D eigenvalue weighted by atomic mass is 9.84. The Hall–Kier alpha value is -1.50. The first-order valence-corrected chi connectivity index (χ1v) is 13.2. The monoisotopic (exact) mass is 465 g/mol. The molecule has 0 saturated carbocycles. The Kier molecular flexibility index (Phi) is 7.29. The predicted molar refractivity (Wildman–Crippen MR) is 139 cm³/mol. The third-order valence-electron chi connectivity index (χ3n) is 8.91. The molecule has 5 atom stereocenters. The zero-order chi connectivity index (χ0) is 23.5. The first-order chi connectivity index (χ1) is 16.6. The number of hydrogen-bond donors (Lipinski definition) is 6. The van der Waals surface area contributed by atoms with E-state index in [0.29, 0.717) is 5.54 Å². The van der Waals surface area contributed by atoms with Gasteiger partial charge in [0.1, 0.15) is 0 Å². The fourth-order valence-electron chi connectivity index (χ4n) is 6.67. The molecule has 5 heterocycles. The number of likely N-dealkylation sites (N-methyl/N-ethyl adjacent to an activating group) is 1. The van der Waals surface area contributed by atoms with E-state index >= 15 is 0 Å². The van der Waals surface area contributed by atoms with Crippen molar-refractivity contribution in [3.63, 3.8) is 0 Å². The van der Waals surface area contributed by atoms with Crippen molar-refractivity contribution >= 4 is 0 Å². The molecule has 1 spiro atoms. The van der Waals surface area contributed by atoms with Crippen LogP contribution in [0.1, 0.15) is 36.8 Å². The van der Waals surface area contributed by atoms with Gasteiger partial charge >= 0.3 is 0 Å². The van der Waals surface area contributed by atoms with Crippen LogP contribution in [0.3, 0.4) is 0 Å². The number of nitrogens with zero attached hydrogens (tertiary/aromatic N) is 1. The molecule has 5 saturated heterocycles. The van der Waals surface area contributed by atoms with E-state index < -0.39 is 0 Å². The maximum Gasteiger partial charge on any atom is 0.0561 e. The zero-order valence-electron chi connectivity index (χ0n) is 20.8. The van der Waals surface area contributed by atoms with Gasteiger partial charge in [0.25, 0.3) is 0 Å². The zero-order valence-corrected chi connectivity index (χ0v) is 20.8. The van der Waals surface area contributed by atoms with Crippen LogP contribution in [0.25, 0.3) is 0 Å². The van der Waals surface area contributed by atoms with Crippen molar-refractivity contribution in [3.8, 4) is 12.3 Å². The van der Waals surface area contributed by atoms with Crippen LogP contribution >= 0.6 is 0 Å². The summed E-state index contributed by atoms with van der Waals surface area (Å²) in [6, 6.07) is 9.09. The summed E-state index contributed by atoms with van der Waals surface area (Å²) < 4.78 is 0. The molecule has 1 aromatic rings. The number of fused-ring (bicyclic) bond motifs is 5. The van der Waals surface area contributed by atoms with Crippen LogP contribution in [0, 0.1) is 12.3 Å². The lowest BCUT2D eigenvalue weighted by molar-refractivity contribution is 0.251. The molecular weight excluding hydrogens is 422 g/mol. The van der Waals surface area contributed by atoms with Crippen molar-refractivity contribution in [1.29, 1.82) is 0 Å². The van der Waals surface area contributed by atoms with Gasteiger partial charge in [-0.1, -0.05) is 18.1 Å². The molecule has 186 valence electrons. The quantitative estimate of drug-likeness (QED) is 0.273. The summed E-state index contributed by atoms with van der Waals surface area (Å²) in [5.74, 6) is 2.71. The van der Waals surface area contributed by atoms with Crippen molar-refractivity contribution in [2.45, 2.75) is 54.9 Å². The fourth-order valence-corrected chi connectivity index (χ4v) is 6.67. The molecule has 0 aliphatic carbocycles.